The van der Waals surface area contributed by atoms with Crippen LogP contribution >= 0.6 is 15.9 Å². The number of nitrogen functional groups attached to an aromatic ring is 1. The molecule has 2 rings (SSSR count). The number of carbonyl (C=O) groups is 1. The minimum Gasteiger partial charge on any atom is -0.399 e. The number of nitrogens with two attached hydrogens (primary N) is 1. The maximum Gasteiger partial charge on any atom is 0.267 e. The first kappa shape index (κ1) is 17.6. The van der Waals surface area contributed by atoms with Crippen LogP contribution in [-0.4, -0.2) is 12.5 Å². The summed E-state index contributed by atoms with van der Waals surface area (Å²) < 4.78 is 1.03. The number of hydrogen-bond acceptors (Lipinski definition) is 4. The molecule has 6 heteroatoms. The van der Waals surface area contributed by atoms with Gasteiger partial charge in [0.2, 0.25) is 0 Å². The van der Waals surface area contributed by atoms with Crippen molar-refractivity contribution >= 4 is 33.2 Å². The van der Waals surface area contributed by atoms with Crippen LogP contribution < -0.4 is 16.4 Å². The Morgan fingerprint density at radius 2 is 1.83 bits per heavy atom. The normalized spacial score (nSPS) is 10.8. The summed E-state index contributed by atoms with van der Waals surface area (Å²) in [6, 6.07) is 16.6. The standard InChI is InChI=1S/C18H17BrN4O/c19-15-3-1-13(2-4-15)9-10-22-12-14(11-20)18(24)23-17-7-5-16(21)6-8-17/h1-8,12,22H,9-10,21H2,(H,23,24)/b14-12-. The monoisotopic (exact) mass is 384 g/mol. The molecule has 2 aromatic carbocycles. The van der Waals surface area contributed by atoms with Crippen LogP contribution in [-0.2, 0) is 11.2 Å². The topological polar surface area (TPSA) is 90.9 Å². The van der Waals surface area contributed by atoms with Crippen molar-refractivity contribution in [3.63, 3.8) is 0 Å². The maximum absolute atomic E-state index is 12.1. The van der Waals surface area contributed by atoms with Crippen LogP contribution in [0.5, 0.6) is 0 Å². The molecule has 0 spiro atoms. The minimum atomic E-state index is -0.460. The summed E-state index contributed by atoms with van der Waals surface area (Å²) in [7, 11) is 0. The second kappa shape index (κ2) is 8.75. The number of nitrogens with one attached hydrogen (secondary N) is 2. The van der Waals surface area contributed by atoms with Crippen molar-refractivity contribution in [2.75, 3.05) is 17.6 Å². The lowest BCUT2D eigenvalue weighted by Crippen LogP contribution is -2.18. The summed E-state index contributed by atoms with van der Waals surface area (Å²) in [6.07, 6.45) is 2.23. The van der Waals surface area contributed by atoms with Gasteiger partial charge in [0.25, 0.3) is 5.91 Å². The van der Waals surface area contributed by atoms with E-state index in [4.69, 9.17) is 11.0 Å². The Labute approximate surface area is 149 Å². The minimum absolute atomic E-state index is 0.0163. The lowest BCUT2D eigenvalue weighted by atomic mass is 10.1. The molecule has 24 heavy (non-hydrogen) atoms. The first-order chi connectivity index (χ1) is 11.6. The quantitative estimate of drug-likeness (QED) is 0.308. The van der Waals surface area contributed by atoms with Crippen LogP contribution in [0.15, 0.2) is 64.8 Å². The first-order valence-corrected chi connectivity index (χ1v) is 8.13. The van der Waals surface area contributed by atoms with Crippen LogP contribution in [0.2, 0.25) is 0 Å². The highest BCUT2D eigenvalue weighted by molar-refractivity contribution is 9.10. The van der Waals surface area contributed by atoms with Crippen LogP contribution in [0, 0.1) is 11.3 Å². The molecule has 1 amide bonds. The smallest absolute Gasteiger partial charge is 0.267 e. The fourth-order valence-corrected chi connectivity index (χ4v) is 2.22. The average molecular weight is 385 g/mol. The molecule has 0 aliphatic carbocycles. The Morgan fingerprint density at radius 3 is 2.46 bits per heavy atom. The van der Waals surface area contributed by atoms with Crippen LogP contribution in [0.1, 0.15) is 5.56 Å². The largest absolute Gasteiger partial charge is 0.399 e. The van der Waals surface area contributed by atoms with Gasteiger partial charge < -0.3 is 16.4 Å². The van der Waals surface area contributed by atoms with E-state index in [0.29, 0.717) is 17.9 Å². The fraction of sp³-hybridized carbons (Fsp3) is 0.111. The molecule has 2 aromatic rings. The third-order valence-corrected chi connectivity index (χ3v) is 3.78. The highest BCUT2D eigenvalue weighted by atomic mass is 79.9. The lowest BCUT2D eigenvalue weighted by molar-refractivity contribution is -0.112. The number of rotatable bonds is 6. The summed E-state index contributed by atoms with van der Waals surface area (Å²) in [5.41, 5.74) is 7.98. The van der Waals surface area contributed by atoms with Gasteiger partial charge in [-0.2, -0.15) is 5.26 Å². The van der Waals surface area contributed by atoms with Gasteiger partial charge in [-0.1, -0.05) is 28.1 Å². The zero-order valence-electron chi connectivity index (χ0n) is 12.9. The Morgan fingerprint density at radius 1 is 1.17 bits per heavy atom. The van der Waals surface area contributed by atoms with E-state index in [2.05, 4.69) is 26.6 Å². The molecule has 0 saturated heterocycles. The molecule has 0 fully saturated rings. The molecule has 0 aliphatic heterocycles. The van der Waals surface area contributed by atoms with Crippen molar-refractivity contribution in [2.24, 2.45) is 0 Å². The van der Waals surface area contributed by atoms with E-state index in [1.807, 2.05) is 30.3 Å². The van der Waals surface area contributed by atoms with Crippen LogP contribution in [0.3, 0.4) is 0 Å². The van der Waals surface area contributed by atoms with Gasteiger partial charge in [-0.15, -0.1) is 0 Å². The van der Waals surface area contributed by atoms with Crippen molar-refractivity contribution in [2.45, 2.75) is 6.42 Å². The Hall–Kier alpha value is -2.78. The summed E-state index contributed by atoms with van der Waals surface area (Å²) in [6.45, 7) is 0.627. The molecule has 122 valence electrons. The predicted molar refractivity (Wildman–Crippen MR) is 99.0 cm³/mol. The summed E-state index contributed by atoms with van der Waals surface area (Å²) in [5.74, 6) is -0.460. The van der Waals surface area contributed by atoms with Gasteiger partial charge >= 0.3 is 0 Å². The molecular formula is C18H17BrN4O. The van der Waals surface area contributed by atoms with E-state index in [-0.39, 0.29) is 5.57 Å². The third kappa shape index (κ3) is 5.45. The fourth-order valence-electron chi connectivity index (χ4n) is 1.96. The molecule has 0 heterocycles. The zero-order valence-corrected chi connectivity index (χ0v) is 14.5. The number of hydrogen-bond donors (Lipinski definition) is 3. The van der Waals surface area contributed by atoms with E-state index < -0.39 is 5.91 Å². The Kier molecular flexibility index (Phi) is 6.41. The predicted octanol–water partition coefficient (Wildman–Crippen LogP) is 3.21. The van der Waals surface area contributed by atoms with Crippen molar-refractivity contribution in [3.8, 4) is 6.07 Å². The number of amides is 1. The zero-order chi connectivity index (χ0) is 17.4. The molecule has 0 unspecified atom stereocenters. The summed E-state index contributed by atoms with van der Waals surface area (Å²) in [4.78, 5) is 12.1. The van der Waals surface area contributed by atoms with Gasteiger partial charge in [0.05, 0.1) is 0 Å². The van der Waals surface area contributed by atoms with E-state index >= 15 is 0 Å². The number of nitrogens with zero attached hydrogens (tertiary/aromatic N) is 1. The number of halogens is 1. The number of benzene rings is 2. The van der Waals surface area contributed by atoms with Crippen molar-refractivity contribution < 1.29 is 4.79 Å². The third-order valence-electron chi connectivity index (χ3n) is 3.25. The Balaban J connectivity index is 1.86. The van der Waals surface area contributed by atoms with Gasteiger partial charge in [-0.25, -0.2) is 0 Å². The molecular weight excluding hydrogens is 368 g/mol. The van der Waals surface area contributed by atoms with Gasteiger partial charge in [-0.3, -0.25) is 4.79 Å². The molecule has 0 saturated carbocycles. The van der Waals surface area contributed by atoms with Crippen LogP contribution in [0.25, 0.3) is 0 Å². The van der Waals surface area contributed by atoms with Crippen LogP contribution in [0.4, 0.5) is 11.4 Å². The number of anilines is 2. The van der Waals surface area contributed by atoms with E-state index in [1.54, 1.807) is 24.3 Å². The number of carbonyl (C=O) groups excluding carboxylic acids is 1. The van der Waals surface area contributed by atoms with Gasteiger partial charge in [-0.05, 0) is 48.4 Å². The highest BCUT2D eigenvalue weighted by Gasteiger charge is 2.08. The van der Waals surface area contributed by atoms with E-state index in [0.717, 1.165) is 10.9 Å². The summed E-state index contributed by atoms with van der Waals surface area (Å²) in [5, 5.41) is 14.8. The molecule has 0 aromatic heterocycles. The van der Waals surface area contributed by atoms with Gasteiger partial charge in [0.1, 0.15) is 11.6 Å². The Bertz CT molecular complexity index is 761. The molecule has 4 N–H and O–H groups in total. The second-order valence-corrected chi connectivity index (χ2v) is 5.99. The first-order valence-electron chi connectivity index (χ1n) is 7.33. The molecule has 0 atom stereocenters. The summed E-state index contributed by atoms with van der Waals surface area (Å²) >= 11 is 3.39. The number of nitriles is 1. The molecule has 5 nitrogen and oxygen atoms in total. The maximum atomic E-state index is 12.1. The van der Waals surface area contributed by atoms with Crippen molar-refractivity contribution in [1.82, 2.24) is 5.32 Å². The molecule has 0 radical (unpaired) electrons. The molecule has 0 bridgehead atoms. The second-order valence-electron chi connectivity index (χ2n) is 5.08. The highest BCUT2D eigenvalue weighted by Crippen LogP contribution is 2.12. The van der Waals surface area contributed by atoms with E-state index in [9.17, 15) is 4.79 Å². The van der Waals surface area contributed by atoms with Gasteiger partial charge in [0.15, 0.2) is 0 Å². The molecule has 0 aliphatic rings. The SMILES string of the molecule is N#C/C(=C/NCCc1ccc(Br)cc1)C(=O)Nc1ccc(N)cc1. The lowest BCUT2D eigenvalue weighted by Gasteiger charge is -2.06. The average Bonchev–Trinajstić information content (AvgIpc) is 2.58. The van der Waals surface area contributed by atoms with E-state index in [1.165, 1.54) is 11.8 Å². The van der Waals surface area contributed by atoms with Crippen molar-refractivity contribution in [3.05, 3.63) is 70.3 Å². The van der Waals surface area contributed by atoms with Gasteiger partial charge in [0, 0.05) is 28.6 Å². The van der Waals surface area contributed by atoms with Crippen molar-refractivity contribution in [1.29, 1.82) is 5.26 Å².